The predicted molar refractivity (Wildman–Crippen MR) is 126 cm³/mol. The lowest BCUT2D eigenvalue weighted by molar-refractivity contribution is 0.00135. The van der Waals surface area contributed by atoms with Crippen molar-refractivity contribution in [1.82, 2.24) is 20.2 Å². The maximum absolute atomic E-state index is 6.17. The van der Waals surface area contributed by atoms with Gasteiger partial charge in [-0.15, -0.1) is 34.7 Å². The van der Waals surface area contributed by atoms with Crippen molar-refractivity contribution in [3.63, 3.8) is 0 Å². The van der Waals surface area contributed by atoms with Crippen molar-refractivity contribution in [2.75, 3.05) is 16.4 Å². The van der Waals surface area contributed by atoms with Gasteiger partial charge in [0.1, 0.15) is 5.00 Å². The number of hydrogen-bond acceptors (Lipinski definition) is 9. The summed E-state index contributed by atoms with van der Waals surface area (Å²) in [4.78, 5) is 3.47. The van der Waals surface area contributed by atoms with Crippen LogP contribution in [-0.2, 0) is 17.8 Å². The van der Waals surface area contributed by atoms with Crippen LogP contribution in [0.2, 0.25) is 0 Å². The summed E-state index contributed by atoms with van der Waals surface area (Å²) in [6, 6.07) is 0. The minimum Gasteiger partial charge on any atom is -0.372 e. The molecule has 2 aromatic rings. The first kappa shape index (κ1) is 20.2. The largest absolute Gasteiger partial charge is 0.372 e. The maximum Gasteiger partial charge on any atom is 0.241 e. The number of hydrazone groups is 1. The quantitative estimate of drug-likeness (QED) is 0.509. The van der Waals surface area contributed by atoms with E-state index >= 15 is 0 Å². The van der Waals surface area contributed by atoms with Crippen LogP contribution in [0.15, 0.2) is 35.6 Å². The third-order valence-corrected chi connectivity index (χ3v) is 8.48. The van der Waals surface area contributed by atoms with E-state index < -0.39 is 0 Å². The van der Waals surface area contributed by atoms with E-state index in [1.807, 2.05) is 12.2 Å². The molecule has 0 saturated heterocycles. The van der Waals surface area contributed by atoms with E-state index in [0.29, 0.717) is 12.5 Å². The van der Waals surface area contributed by atoms with Crippen LogP contribution < -0.4 is 10.3 Å². The Morgan fingerprint density at radius 2 is 2.07 bits per heavy atom. The molecule has 1 unspecified atom stereocenters. The van der Waals surface area contributed by atoms with Gasteiger partial charge in [0.25, 0.3) is 0 Å². The van der Waals surface area contributed by atoms with Gasteiger partial charge in [0, 0.05) is 28.4 Å². The Morgan fingerprint density at radius 1 is 1.27 bits per heavy atom. The molecule has 0 radical (unpaired) electrons. The Bertz CT molecular complexity index is 1030. The first-order chi connectivity index (χ1) is 14.6. The molecule has 2 aromatic heterocycles. The van der Waals surface area contributed by atoms with Crippen LogP contribution in [0.1, 0.15) is 36.0 Å². The van der Waals surface area contributed by atoms with Crippen molar-refractivity contribution in [3.05, 3.63) is 41.3 Å². The van der Waals surface area contributed by atoms with Gasteiger partial charge in [-0.1, -0.05) is 49.5 Å². The predicted octanol–water partition coefficient (Wildman–Crippen LogP) is 4.32. The third-order valence-electron chi connectivity index (χ3n) is 5.40. The number of nitrogens with zero attached hydrogens (tertiary/aromatic N) is 5. The zero-order valence-corrected chi connectivity index (χ0v) is 19.4. The second kappa shape index (κ2) is 8.07. The zero-order valence-electron chi connectivity index (χ0n) is 17.0. The highest BCUT2D eigenvalue weighted by Gasteiger charge is 2.45. The standard InChI is InChI=1S/C20H24N6OS3/c1-5-7-28-19-23-21-16-15-12-9-13(11(3)4)27-10-14(12)30-17(15)26-18(25(16)19)22-24-20(26)29-8-6-2/h5-6,11,13,16,21H,1-2,7-10H2,3-4H3/t13-,16?/m1/s1. The van der Waals surface area contributed by atoms with Crippen LogP contribution in [0.5, 0.6) is 0 Å². The Kier molecular flexibility index (Phi) is 5.42. The molecule has 0 amide bonds. The average Bonchev–Trinajstić information content (AvgIpc) is 3.44. The molecule has 0 fully saturated rings. The van der Waals surface area contributed by atoms with Gasteiger partial charge < -0.3 is 4.74 Å². The first-order valence-corrected chi connectivity index (χ1v) is 12.7. The number of thioether (sulfide) groups is 2. The van der Waals surface area contributed by atoms with Crippen LogP contribution in [0.4, 0.5) is 5.95 Å². The monoisotopic (exact) mass is 460 g/mol. The lowest BCUT2D eigenvalue weighted by Crippen LogP contribution is -2.38. The van der Waals surface area contributed by atoms with Gasteiger partial charge in [-0.3, -0.25) is 10.3 Å². The highest BCUT2D eigenvalue weighted by Crippen LogP contribution is 2.49. The molecule has 10 heteroatoms. The molecule has 7 nitrogen and oxygen atoms in total. The number of rotatable bonds is 6. The van der Waals surface area contributed by atoms with Crippen LogP contribution in [0.3, 0.4) is 0 Å². The van der Waals surface area contributed by atoms with E-state index in [1.165, 1.54) is 21.0 Å². The molecule has 0 bridgehead atoms. The molecular weight excluding hydrogens is 436 g/mol. The Labute approximate surface area is 188 Å². The molecule has 3 aliphatic heterocycles. The van der Waals surface area contributed by atoms with E-state index in [4.69, 9.17) is 4.74 Å². The summed E-state index contributed by atoms with van der Waals surface area (Å²) >= 11 is 5.09. The highest BCUT2D eigenvalue weighted by atomic mass is 32.2. The smallest absolute Gasteiger partial charge is 0.241 e. The fourth-order valence-corrected chi connectivity index (χ4v) is 6.68. The SMILES string of the molecule is C=CCSC1=NNC2c3c(sc4c3C[C@H](C(C)C)OC4)-n3c(SCC=C)nnc3N12. The second-order valence-corrected chi connectivity index (χ2v) is 10.7. The summed E-state index contributed by atoms with van der Waals surface area (Å²) in [5.41, 5.74) is 6.05. The summed E-state index contributed by atoms with van der Waals surface area (Å²) < 4.78 is 8.35. The Morgan fingerprint density at radius 3 is 2.83 bits per heavy atom. The van der Waals surface area contributed by atoms with Gasteiger partial charge in [-0.05, 0) is 11.5 Å². The number of fused-ring (bicyclic) bond motifs is 8. The molecule has 0 aliphatic carbocycles. The van der Waals surface area contributed by atoms with Crippen molar-refractivity contribution in [2.24, 2.45) is 11.0 Å². The highest BCUT2D eigenvalue weighted by molar-refractivity contribution is 8.14. The van der Waals surface area contributed by atoms with Gasteiger partial charge in [0.05, 0.1) is 12.7 Å². The molecule has 0 saturated carbocycles. The van der Waals surface area contributed by atoms with Gasteiger partial charge in [-0.25, -0.2) is 4.57 Å². The number of ether oxygens (including phenoxy) is 1. The average molecular weight is 461 g/mol. The molecule has 5 heterocycles. The van der Waals surface area contributed by atoms with E-state index in [2.05, 4.69) is 57.2 Å². The minimum absolute atomic E-state index is 0.0628. The maximum atomic E-state index is 6.17. The van der Waals surface area contributed by atoms with E-state index in [0.717, 1.165) is 34.2 Å². The lowest BCUT2D eigenvalue weighted by atomic mass is 9.93. The number of aromatic nitrogens is 3. The minimum atomic E-state index is -0.0628. The molecule has 30 heavy (non-hydrogen) atoms. The normalized spacial score (nSPS) is 21.4. The fraction of sp³-hybridized carbons (Fsp3) is 0.450. The summed E-state index contributed by atoms with van der Waals surface area (Å²) in [5, 5.41) is 16.7. The Hall–Kier alpha value is -1.75. The number of hydrogen-bond donors (Lipinski definition) is 1. The van der Waals surface area contributed by atoms with Crippen LogP contribution >= 0.6 is 34.9 Å². The van der Waals surface area contributed by atoms with E-state index in [1.54, 1.807) is 34.9 Å². The van der Waals surface area contributed by atoms with Crippen molar-refractivity contribution < 1.29 is 4.74 Å². The number of anilines is 1. The van der Waals surface area contributed by atoms with Crippen LogP contribution in [-0.4, -0.2) is 37.5 Å². The van der Waals surface area contributed by atoms with Crippen molar-refractivity contribution in [3.8, 4) is 5.00 Å². The van der Waals surface area contributed by atoms with Crippen molar-refractivity contribution >= 4 is 46.0 Å². The van der Waals surface area contributed by atoms with Crippen LogP contribution in [0, 0.1) is 5.92 Å². The van der Waals surface area contributed by atoms with Gasteiger partial charge in [0.15, 0.2) is 16.5 Å². The van der Waals surface area contributed by atoms with Gasteiger partial charge >= 0.3 is 0 Å². The molecule has 5 rings (SSSR count). The van der Waals surface area contributed by atoms with Gasteiger partial charge in [0.2, 0.25) is 5.95 Å². The molecule has 2 atom stereocenters. The second-order valence-electron chi connectivity index (χ2n) is 7.63. The van der Waals surface area contributed by atoms with E-state index in [9.17, 15) is 0 Å². The number of nitrogens with one attached hydrogen (secondary N) is 1. The summed E-state index contributed by atoms with van der Waals surface area (Å²) in [7, 11) is 0. The van der Waals surface area contributed by atoms with Gasteiger partial charge in [-0.2, -0.15) is 5.10 Å². The topological polar surface area (TPSA) is 67.6 Å². The number of amidine groups is 1. The molecule has 3 aliphatic rings. The third kappa shape index (κ3) is 3.12. The van der Waals surface area contributed by atoms with Crippen LogP contribution in [0.25, 0.3) is 5.00 Å². The van der Waals surface area contributed by atoms with Crippen molar-refractivity contribution in [2.45, 2.75) is 44.3 Å². The van der Waals surface area contributed by atoms with Crippen molar-refractivity contribution in [1.29, 1.82) is 0 Å². The summed E-state index contributed by atoms with van der Waals surface area (Å²) in [6.07, 6.45) is 4.88. The molecule has 0 aromatic carbocycles. The summed E-state index contributed by atoms with van der Waals surface area (Å²) in [6.45, 7) is 12.8. The molecule has 1 N–H and O–H groups in total. The summed E-state index contributed by atoms with van der Waals surface area (Å²) in [5.74, 6) is 2.85. The Balaban J connectivity index is 1.64. The lowest BCUT2D eigenvalue weighted by Gasteiger charge is -2.33. The molecule has 0 spiro atoms. The molecular formula is C20H24N6OS3. The zero-order chi connectivity index (χ0) is 20.8. The molecule has 158 valence electrons. The first-order valence-electron chi connectivity index (χ1n) is 9.95. The van der Waals surface area contributed by atoms with E-state index in [-0.39, 0.29) is 12.3 Å². The number of thiophene rings is 1. The fourth-order valence-electron chi connectivity index (χ4n) is 3.96.